The summed E-state index contributed by atoms with van der Waals surface area (Å²) in [5, 5.41) is 5.52. The maximum atomic E-state index is 6.27. The van der Waals surface area contributed by atoms with Gasteiger partial charge >= 0.3 is 0 Å². The zero-order chi connectivity index (χ0) is 16.9. The van der Waals surface area contributed by atoms with Gasteiger partial charge in [0.2, 0.25) is 0 Å². The third kappa shape index (κ3) is 4.39. The minimum absolute atomic E-state index is 0.728. The van der Waals surface area contributed by atoms with E-state index < -0.39 is 0 Å². The molecule has 0 radical (unpaired) electrons. The van der Waals surface area contributed by atoms with Crippen LogP contribution in [-0.2, 0) is 6.54 Å². The summed E-state index contributed by atoms with van der Waals surface area (Å²) in [7, 11) is 0. The molecular formula is C18H19Cl2N3S. The van der Waals surface area contributed by atoms with Crippen molar-refractivity contribution in [2.45, 2.75) is 6.54 Å². The third-order valence-electron chi connectivity index (χ3n) is 4.13. The molecule has 2 aromatic carbocycles. The Labute approximate surface area is 158 Å². The van der Waals surface area contributed by atoms with Gasteiger partial charge in [0.25, 0.3) is 0 Å². The van der Waals surface area contributed by atoms with Crippen LogP contribution in [0, 0.1) is 0 Å². The van der Waals surface area contributed by atoms with E-state index in [2.05, 4.69) is 15.1 Å². The van der Waals surface area contributed by atoms with Crippen molar-refractivity contribution >= 4 is 46.2 Å². The largest absolute Gasteiger partial charge is 0.346 e. The number of halogens is 2. The summed E-state index contributed by atoms with van der Waals surface area (Å²) in [4.78, 5) is 4.56. The van der Waals surface area contributed by atoms with Crippen LogP contribution in [-0.4, -0.2) is 41.1 Å². The molecule has 0 bridgehead atoms. The Balaban J connectivity index is 1.53. The molecule has 0 amide bonds. The number of anilines is 1. The first-order valence-electron chi connectivity index (χ1n) is 7.90. The first-order valence-corrected chi connectivity index (χ1v) is 9.06. The number of hydrogen-bond donors (Lipinski definition) is 1. The lowest BCUT2D eigenvalue weighted by Crippen LogP contribution is -2.49. The minimum atomic E-state index is 0.728. The first kappa shape index (κ1) is 17.5. The Morgan fingerprint density at radius 3 is 2.17 bits per heavy atom. The highest BCUT2D eigenvalue weighted by Crippen LogP contribution is 2.26. The molecule has 0 aromatic heterocycles. The van der Waals surface area contributed by atoms with E-state index in [9.17, 15) is 0 Å². The molecule has 3 rings (SSSR count). The summed E-state index contributed by atoms with van der Waals surface area (Å²) in [6, 6.07) is 15.7. The van der Waals surface area contributed by atoms with Gasteiger partial charge in [-0.25, -0.2) is 0 Å². The van der Waals surface area contributed by atoms with E-state index in [0.29, 0.717) is 0 Å². The highest BCUT2D eigenvalue weighted by molar-refractivity contribution is 7.80. The molecule has 1 aliphatic rings. The molecule has 0 unspecified atom stereocenters. The molecule has 2 aromatic rings. The normalized spacial score (nSPS) is 15.3. The van der Waals surface area contributed by atoms with Crippen molar-refractivity contribution in [1.29, 1.82) is 0 Å². The van der Waals surface area contributed by atoms with Crippen molar-refractivity contribution in [3.63, 3.8) is 0 Å². The summed E-state index contributed by atoms with van der Waals surface area (Å²) in [6.07, 6.45) is 0. The predicted octanol–water partition coefficient (Wildman–Crippen LogP) is 4.51. The van der Waals surface area contributed by atoms with E-state index in [1.54, 1.807) is 0 Å². The highest BCUT2D eigenvalue weighted by Gasteiger charge is 2.20. The summed E-state index contributed by atoms with van der Waals surface area (Å²) in [5.41, 5.74) is 2.02. The van der Waals surface area contributed by atoms with Gasteiger partial charge in [-0.2, -0.15) is 0 Å². The lowest BCUT2D eigenvalue weighted by atomic mass is 10.2. The van der Waals surface area contributed by atoms with Gasteiger partial charge in [0.05, 0.1) is 0 Å². The van der Waals surface area contributed by atoms with Crippen LogP contribution >= 0.6 is 35.4 Å². The average molecular weight is 380 g/mol. The second-order valence-corrected chi connectivity index (χ2v) is 6.96. The van der Waals surface area contributed by atoms with Gasteiger partial charge < -0.3 is 10.2 Å². The van der Waals surface area contributed by atoms with E-state index in [0.717, 1.165) is 59.1 Å². The smallest absolute Gasteiger partial charge is 0.173 e. The second-order valence-electron chi connectivity index (χ2n) is 5.76. The number of piperazine rings is 1. The van der Waals surface area contributed by atoms with Crippen LogP contribution in [0.2, 0.25) is 10.0 Å². The van der Waals surface area contributed by atoms with E-state index in [4.69, 9.17) is 35.4 Å². The van der Waals surface area contributed by atoms with Crippen molar-refractivity contribution in [2.75, 3.05) is 31.5 Å². The predicted molar refractivity (Wildman–Crippen MR) is 106 cm³/mol. The maximum absolute atomic E-state index is 6.27. The SMILES string of the molecule is S=C(Nc1ccccc1)N1CCN(Cc2c(Cl)cccc2Cl)CC1. The van der Waals surface area contributed by atoms with Crippen LogP contribution in [0.15, 0.2) is 48.5 Å². The quantitative estimate of drug-likeness (QED) is 0.790. The van der Waals surface area contributed by atoms with Crippen molar-refractivity contribution in [1.82, 2.24) is 9.80 Å². The summed E-state index contributed by atoms with van der Waals surface area (Å²) in [5.74, 6) is 0. The topological polar surface area (TPSA) is 18.5 Å². The summed E-state index contributed by atoms with van der Waals surface area (Å²) >= 11 is 18.1. The minimum Gasteiger partial charge on any atom is -0.346 e. The van der Waals surface area contributed by atoms with Crippen LogP contribution in [0.5, 0.6) is 0 Å². The molecule has 0 saturated carbocycles. The van der Waals surface area contributed by atoms with E-state index in [1.807, 2.05) is 48.5 Å². The van der Waals surface area contributed by atoms with Gasteiger partial charge in [-0.3, -0.25) is 4.90 Å². The summed E-state index contributed by atoms with van der Waals surface area (Å²) in [6.45, 7) is 4.41. The average Bonchev–Trinajstić information content (AvgIpc) is 2.60. The Morgan fingerprint density at radius 2 is 1.54 bits per heavy atom. The molecule has 1 aliphatic heterocycles. The number of hydrogen-bond acceptors (Lipinski definition) is 2. The Kier molecular flexibility index (Phi) is 5.95. The van der Waals surface area contributed by atoms with Crippen molar-refractivity contribution in [3.05, 3.63) is 64.1 Å². The maximum Gasteiger partial charge on any atom is 0.173 e. The van der Waals surface area contributed by atoms with Gasteiger partial charge in [-0.05, 0) is 36.5 Å². The van der Waals surface area contributed by atoms with Gasteiger partial charge in [-0.15, -0.1) is 0 Å². The molecular weight excluding hydrogens is 361 g/mol. The Morgan fingerprint density at radius 1 is 0.917 bits per heavy atom. The molecule has 6 heteroatoms. The number of thiocarbonyl (C=S) groups is 1. The molecule has 1 fully saturated rings. The van der Waals surface area contributed by atoms with Gasteiger partial charge in [0, 0.05) is 54.0 Å². The van der Waals surface area contributed by atoms with Crippen LogP contribution < -0.4 is 5.32 Å². The lowest BCUT2D eigenvalue weighted by Gasteiger charge is -2.36. The molecule has 24 heavy (non-hydrogen) atoms. The molecule has 0 spiro atoms. The van der Waals surface area contributed by atoms with E-state index >= 15 is 0 Å². The Hall–Kier alpha value is -1.33. The van der Waals surface area contributed by atoms with Gasteiger partial charge in [-0.1, -0.05) is 47.5 Å². The number of para-hydroxylation sites is 1. The van der Waals surface area contributed by atoms with Crippen LogP contribution in [0.1, 0.15) is 5.56 Å². The highest BCUT2D eigenvalue weighted by atomic mass is 35.5. The van der Waals surface area contributed by atoms with Crippen LogP contribution in [0.25, 0.3) is 0 Å². The standard InChI is InChI=1S/C18H19Cl2N3S/c19-16-7-4-8-17(20)15(16)13-22-9-11-23(12-10-22)18(24)21-14-5-2-1-3-6-14/h1-8H,9-13H2,(H,21,24). The fourth-order valence-corrected chi connectivity index (χ4v) is 3.56. The molecule has 0 aliphatic carbocycles. The molecule has 0 atom stereocenters. The zero-order valence-corrected chi connectivity index (χ0v) is 15.5. The van der Waals surface area contributed by atoms with Gasteiger partial charge in [0.1, 0.15) is 0 Å². The monoisotopic (exact) mass is 379 g/mol. The molecule has 1 saturated heterocycles. The Bertz CT molecular complexity index is 680. The van der Waals surface area contributed by atoms with Gasteiger partial charge in [0.15, 0.2) is 5.11 Å². The van der Waals surface area contributed by atoms with Crippen molar-refractivity contribution in [2.24, 2.45) is 0 Å². The first-order chi connectivity index (χ1) is 11.6. The van der Waals surface area contributed by atoms with E-state index in [-0.39, 0.29) is 0 Å². The molecule has 1 N–H and O–H groups in total. The number of nitrogens with zero attached hydrogens (tertiary/aromatic N) is 2. The fourth-order valence-electron chi connectivity index (χ4n) is 2.74. The summed E-state index contributed by atoms with van der Waals surface area (Å²) < 4.78 is 0. The fraction of sp³-hybridized carbons (Fsp3) is 0.278. The van der Waals surface area contributed by atoms with E-state index in [1.165, 1.54) is 0 Å². The number of benzene rings is 2. The molecule has 126 valence electrons. The number of rotatable bonds is 3. The molecule has 1 heterocycles. The van der Waals surface area contributed by atoms with Crippen LogP contribution in [0.4, 0.5) is 5.69 Å². The second kappa shape index (κ2) is 8.17. The van der Waals surface area contributed by atoms with Crippen LogP contribution in [0.3, 0.4) is 0 Å². The lowest BCUT2D eigenvalue weighted by molar-refractivity contribution is 0.177. The van der Waals surface area contributed by atoms with Crippen molar-refractivity contribution < 1.29 is 0 Å². The number of nitrogens with one attached hydrogen (secondary N) is 1. The molecule has 3 nitrogen and oxygen atoms in total. The third-order valence-corrected chi connectivity index (χ3v) is 5.20. The zero-order valence-electron chi connectivity index (χ0n) is 13.2. The van der Waals surface area contributed by atoms with Crippen molar-refractivity contribution in [3.8, 4) is 0 Å².